The quantitative estimate of drug-likeness (QED) is 0.809. The van der Waals surface area contributed by atoms with Crippen LogP contribution in [0.1, 0.15) is 41.5 Å². The fourth-order valence-corrected chi connectivity index (χ4v) is 2.49. The van der Waals surface area contributed by atoms with Crippen LogP contribution in [0.5, 0.6) is 0 Å². The SMILES string of the molecule is C=CCn1c(C)c(C(N)=O)c(Cl)c1C(C)C. The van der Waals surface area contributed by atoms with E-state index in [-0.39, 0.29) is 5.92 Å². The number of nitrogens with zero attached hydrogens (tertiary/aromatic N) is 1. The fourth-order valence-electron chi connectivity index (χ4n) is 1.94. The van der Waals surface area contributed by atoms with E-state index in [4.69, 9.17) is 17.3 Å². The molecule has 1 aromatic heterocycles. The number of halogens is 1. The second kappa shape index (κ2) is 4.74. The van der Waals surface area contributed by atoms with Crippen LogP contribution in [0.25, 0.3) is 0 Å². The average molecular weight is 241 g/mol. The van der Waals surface area contributed by atoms with Gasteiger partial charge in [0, 0.05) is 17.9 Å². The standard InChI is InChI=1S/C12H17ClN2O/c1-5-6-15-8(4)9(12(14)16)10(13)11(15)7(2)3/h5,7H,1,6H2,2-4H3,(H2,14,16). The Kier molecular flexibility index (Phi) is 3.81. The first-order valence-electron chi connectivity index (χ1n) is 5.21. The number of rotatable bonds is 4. The maximum Gasteiger partial charge on any atom is 0.252 e. The summed E-state index contributed by atoms with van der Waals surface area (Å²) < 4.78 is 1.99. The zero-order valence-electron chi connectivity index (χ0n) is 9.88. The van der Waals surface area contributed by atoms with Crippen molar-refractivity contribution in [3.8, 4) is 0 Å². The van der Waals surface area contributed by atoms with Gasteiger partial charge >= 0.3 is 0 Å². The molecule has 16 heavy (non-hydrogen) atoms. The van der Waals surface area contributed by atoms with Crippen molar-refractivity contribution in [3.05, 3.63) is 34.6 Å². The van der Waals surface area contributed by atoms with Gasteiger partial charge in [0.05, 0.1) is 10.6 Å². The molecule has 0 aromatic carbocycles. The van der Waals surface area contributed by atoms with E-state index in [0.717, 1.165) is 11.4 Å². The predicted octanol–water partition coefficient (Wildman–Crippen LogP) is 2.86. The molecule has 0 aliphatic heterocycles. The normalized spacial score (nSPS) is 10.8. The molecule has 0 unspecified atom stereocenters. The molecule has 88 valence electrons. The van der Waals surface area contributed by atoms with Crippen LogP contribution in [0.3, 0.4) is 0 Å². The minimum Gasteiger partial charge on any atom is -0.365 e. The molecule has 0 atom stereocenters. The number of hydrogen-bond acceptors (Lipinski definition) is 1. The third-order valence-electron chi connectivity index (χ3n) is 2.61. The van der Waals surface area contributed by atoms with Gasteiger partial charge in [-0.25, -0.2) is 0 Å². The number of allylic oxidation sites excluding steroid dienone is 1. The minimum absolute atomic E-state index is 0.235. The van der Waals surface area contributed by atoms with E-state index in [2.05, 4.69) is 6.58 Å². The highest BCUT2D eigenvalue weighted by molar-refractivity contribution is 6.34. The van der Waals surface area contributed by atoms with E-state index in [0.29, 0.717) is 17.1 Å². The highest BCUT2D eigenvalue weighted by Gasteiger charge is 2.23. The Balaban J connectivity index is 3.52. The molecule has 0 saturated carbocycles. The molecule has 4 heteroatoms. The molecule has 0 aliphatic carbocycles. The minimum atomic E-state index is -0.479. The molecule has 1 amide bonds. The number of carbonyl (C=O) groups excluding carboxylic acids is 1. The van der Waals surface area contributed by atoms with E-state index in [9.17, 15) is 4.79 Å². The monoisotopic (exact) mass is 240 g/mol. The van der Waals surface area contributed by atoms with Gasteiger partial charge in [0.1, 0.15) is 0 Å². The summed E-state index contributed by atoms with van der Waals surface area (Å²) >= 11 is 6.20. The topological polar surface area (TPSA) is 48.0 Å². The van der Waals surface area contributed by atoms with Crippen LogP contribution in [0, 0.1) is 6.92 Å². The van der Waals surface area contributed by atoms with Gasteiger partial charge in [0.25, 0.3) is 5.91 Å². The number of aromatic nitrogens is 1. The zero-order chi connectivity index (χ0) is 12.5. The van der Waals surface area contributed by atoms with E-state index in [1.165, 1.54) is 0 Å². The van der Waals surface area contributed by atoms with Crippen molar-refractivity contribution in [2.75, 3.05) is 0 Å². The third kappa shape index (κ3) is 2.00. The maximum absolute atomic E-state index is 11.3. The molecule has 2 N–H and O–H groups in total. The third-order valence-corrected chi connectivity index (χ3v) is 2.99. The highest BCUT2D eigenvalue weighted by atomic mass is 35.5. The Labute approximate surface area is 101 Å². The fraction of sp³-hybridized carbons (Fsp3) is 0.417. The Morgan fingerprint density at radius 2 is 2.19 bits per heavy atom. The van der Waals surface area contributed by atoms with Crippen LogP contribution >= 0.6 is 11.6 Å². The largest absolute Gasteiger partial charge is 0.365 e. The van der Waals surface area contributed by atoms with Crippen LogP contribution in [0.15, 0.2) is 12.7 Å². The molecule has 0 aliphatic rings. The van der Waals surface area contributed by atoms with Crippen molar-refractivity contribution in [3.63, 3.8) is 0 Å². The van der Waals surface area contributed by atoms with Gasteiger partial charge in [0.15, 0.2) is 0 Å². The average Bonchev–Trinajstić information content (AvgIpc) is 2.39. The number of amides is 1. The summed E-state index contributed by atoms with van der Waals surface area (Å²) in [6.45, 7) is 10.2. The lowest BCUT2D eigenvalue weighted by atomic mass is 10.1. The van der Waals surface area contributed by atoms with Crippen molar-refractivity contribution in [2.24, 2.45) is 5.73 Å². The summed E-state index contributed by atoms with van der Waals surface area (Å²) in [5.41, 5.74) is 7.50. The summed E-state index contributed by atoms with van der Waals surface area (Å²) in [5.74, 6) is -0.244. The molecule has 0 radical (unpaired) electrons. The predicted molar refractivity (Wildman–Crippen MR) is 67.0 cm³/mol. The van der Waals surface area contributed by atoms with Gasteiger partial charge in [-0.1, -0.05) is 31.5 Å². The summed E-state index contributed by atoms with van der Waals surface area (Å²) in [4.78, 5) is 11.3. The van der Waals surface area contributed by atoms with Gasteiger partial charge in [-0.05, 0) is 12.8 Å². The van der Waals surface area contributed by atoms with Gasteiger partial charge in [0.2, 0.25) is 0 Å². The summed E-state index contributed by atoms with van der Waals surface area (Å²) in [6, 6.07) is 0. The lowest BCUT2D eigenvalue weighted by molar-refractivity contribution is 0.1000. The molecular weight excluding hydrogens is 224 g/mol. The maximum atomic E-state index is 11.3. The van der Waals surface area contributed by atoms with Crippen LogP contribution in [-0.2, 0) is 6.54 Å². The first-order chi connectivity index (χ1) is 7.41. The molecule has 0 fully saturated rings. The lowest BCUT2D eigenvalue weighted by Crippen LogP contribution is -2.12. The number of carbonyl (C=O) groups is 1. The zero-order valence-corrected chi connectivity index (χ0v) is 10.6. The van der Waals surface area contributed by atoms with Gasteiger partial charge in [-0.15, -0.1) is 6.58 Å². The van der Waals surface area contributed by atoms with Gasteiger partial charge in [-0.3, -0.25) is 4.79 Å². The summed E-state index contributed by atoms with van der Waals surface area (Å²) in [7, 11) is 0. The molecule has 0 spiro atoms. The molecule has 0 bridgehead atoms. The molecule has 1 heterocycles. The van der Waals surface area contributed by atoms with Crippen LogP contribution < -0.4 is 5.73 Å². The number of hydrogen-bond donors (Lipinski definition) is 1. The van der Waals surface area contributed by atoms with Crippen molar-refractivity contribution >= 4 is 17.5 Å². The Bertz CT molecular complexity index is 433. The number of nitrogens with two attached hydrogens (primary N) is 1. The van der Waals surface area contributed by atoms with Crippen LogP contribution in [-0.4, -0.2) is 10.5 Å². The lowest BCUT2D eigenvalue weighted by Gasteiger charge is -2.12. The van der Waals surface area contributed by atoms with E-state index in [1.54, 1.807) is 6.08 Å². The number of primary amides is 1. The van der Waals surface area contributed by atoms with E-state index in [1.807, 2.05) is 25.3 Å². The second-order valence-corrected chi connectivity index (χ2v) is 4.46. The van der Waals surface area contributed by atoms with Gasteiger partial charge < -0.3 is 10.3 Å². The van der Waals surface area contributed by atoms with E-state index >= 15 is 0 Å². The molecule has 1 rings (SSSR count). The van der Waals surface area contributed by atoms with Crippen molar-refractivity contribution in [1.82, 2.24) is 4.57 Å². The smallest absolute Gasteiger partial charge is 0.252 e. The van der Waals surface area contributed by atoms with Crippen molar-refractivity contribution < 1.29 is 4.79 Å². The molecule has 1 aromatic rings. The second-order valence-electron chi connectivity index (χ2n) is 4.08. The Hall–Kier alpha value is -1.22. The first kappa shape index (κ1) is 12.8. The molecular formula is C12H17ClN2O. The Morgan fingerprint density at radius 1 is 1.62 bits per heavy atom. The van der Waals surface area contributed by atoms with Crippen molar-refractivity contribution in [1.29, 1.82) is 0 Å². The first-order valence-corrected chi connectivity index (χ1v) is 5.58. The molecule has 3 nitrogen and oxygen atoms in total. The van der Waals surface area contributed by atoms with Crippen molar-refractivity contribution in [2.45, 2.75) is 33.2 Å². The highest BCUT2D eigenvalue weighted by Crippen LogP contribution is 2.32. The summed E-state index contributed by atoms with van der Waals surface area (Å²) in [5, 5.41) is 0.474. The molecule has 0 saturated heterocycles. The van der Waals surface area contributed by atoms with Gasteiger partial charge in [-0.2, -0.15) is 0 Å². The van der Waals surface area contributed by atoms with Crippen LogP contribution in [0.2, 0.25) is 5.02 Å². The van der Waals surface area contributed by atoms with Crippen LogP contribution in [0.4, 0.5) is 0 Å². The van der Waals surface area contributed by atoms with E-state index < -0.39 is 5.91 Å². The Morgan fingerprint density at radius 3 is 2.56 bits per heavy atom. The summed E-state index contributed by atoms with van der Waals surface area (Å²) in [6.07, 6.45) is 1.78.